The van der Waals surface area contributed by atoms with Crippen LogP contribution in [0.5, 0.6) is 0 Å². The van der Waals surface area contributed by atoms with Crippen LogP contribution in [-0.4, -0.2) is 30.4 Å². The highest BCUT2D eigenvalue weighted by molar-refractivity contribution is 9.10. The first kappa shape index (κ1) is 13.0. The van der Waals surface area contributed by atoms with Gasteiger partial charge in [0.25, 0.3) is 5.91 Å². The maximum atomic E-state index is 12.3. The SMILES string of the molecule is CN1C(=O)NC(CCN)(c2ccc(Br)cc2)C1=O. The predicted molar refractivity (Wildman–Crippen MR) is 70.8 cm³/mol. The molecule has 3 N–H and O–H groups in total. The fourth-order valence-electron chi connectivity index (χ4n) is 2.16. The lowest BCUT2D eigenvalue weighted by molar-refractivity contribution is -0.130. The minimum absolute atomic E-state index is 0.264. The molecule has 0 spiro atoms. The topological polar surface area (TPSA) is 75.4 Å². The van der Waals surface area contributed by atoms with E-state index in [1.165, 1.54) is 7.05 Å². The van der Waals surface area contributed by atoms with Gasteiger partial charge in [-0.05, 0) is 30.7 Å². The molecule has 0 radical (unpaired) electrons. The molecule has 1 aliphatic heterocycles. The summed E-state index contributed by atoms with van der Waals surface area (Å²) < 4.78 is 0.916. The van der Waals surface area contributed by atoms with E-state index < -0.39 is 11.6 Å². The van der Waals surface area contributed by atoms with Crippen molar-refractivity contribution in [2.75, 3.05) is 13.6 Å². The molecule has 1 aromatic carbocycles. The lowest BCUT2D eigenvalue weighted by Crippen LogP contribution is -2.45. The number of likely N-dealkylation sites (N-methyl/N-ethyl adjacent to an activating group) is 1. The Kier molecular flexibility index (Phi) is 3.41. The molecule has 6 heteroatoms. The maximum absolute atomic E-state index is 12.3. The Balaban J connectivity index is 2.48. The van der Waals surface area contributed by atoms with E-state index in [1.54, 1.807) is 0 Å². The molecule has 1 atom stereocenters. The van der Waals surface area contributed by atoms with Crippen LogP contribution in [0, 0.1) is 0 Å². The van der Waals surface area contributed by atoms with Crippen LogP contribution >= 0.6 is 15.9 Å². The first-order chi connectivity index (χ1) is 8.51. The Hall–Kier alpha value is -1.40. The number of nitrogens with one attached hydrogen (secondary N) is 1. The number of rotatable bonds is 3. The first-order valence-electron chi connectivity index (χ1n) is 5.57. The molecule has 2 rings (SSSR count). The Bertz CT molecular complexity index is 489. The highest BCUT2D eigenvalue weighted by Gasteiger charge is 2.50. The lowest BCUT2D eigenvalue weighted by Gasteiger charge is -2.26. The van der Waals surface area contributed by atoms with E-state index in [2.05, 4.69) is 21.2 Å². The predicted octanol–water partition coefficient (Wildman–Crippen LogP) is 1.17. The van der Waals surface area contributed by atoms with E-state index >= 15 is 0 Å². The second-order valence-corrected chi connectivity index (χ2v) is 5.16. The summed E-state index contributed by atoms with van der Waals surface area (Å²) in [5.74, 6) is -0.264. The van der Waals surface area contributed by atoms with Crippen molar-refractivity contribution >= 4 is 27.9 Å². The number of benzene rings is 1. The van der Waals surface area contributed by atoms with Crippen molar-refractivity contribution in [1.82, 2.24) is 10.2 Å². The van der Waals surface area contributed by atoms with Gasteiger partial charge in [0.15, 0.2) is 0 Å². The van der Waals surface area contributed by atoms with Gasteiger partial charge in [0.05, 0.1) is 0 Å². The Morgan fingerprint density at radius 2 is 1.94 bits per heavy atom. The maximum Gasteiger partial charge on any atom is 0.325 e. The zero-order valence-electron chi connectivity index (χ0n) is 9.94. The van der Waals surface area contributed by atoms with Gasteiger partial charge in [0.2, 0.25) is 0 Å². The van der Waals surface area contributed by atoms with Crippen molar-refractivity contribution in [1.29, 1.82) is 0 Å². The smallest absolute Gasteiger partial charge is 0.325 e. The molecule has 1 heterocycles. The molecule has 18 heavy (non-hydrogen) atoms. The number of hydrogen-bond acceptors (Lipinski definition) is 3. The van der Waals surface area contributed by atoms with Crippen molar-refractivity contribution in [3.8, 4) is 0 Å². The summed E-state index contributed by atoms with van der Waals surface area (Å²) in [5.41, 5.74) is 5.31. The van der Waals surface area contributed by atoms with Crippen LogP contribution in [0.3, 0.4) is 0 Å². The Labute approximate surface area is 113 Å². The molecule has 5 nitrogen and oxygen atoms in total. The highest BCUT2D eigenvalue weighted by Crippen LogP contribution is 2.32. The number of halogens is 1. The minimum Gasteiger partial charge on any atom is -0.330 e. The van der Waals surface area contributed by atoms with Gasteiger partial charge in [0.1, 0.15) is 5.54 Å². The number of carbonyl (C=O) groups is 2. The summed E-state index contributed by atoms with van der Waals surface area (Å²) in [5, 5.41) is 2.75. The van der Waals surface area contributed by atoms with E-state index in [1.807, 2.05) is 24.3 Å². The zero-order chi connectivity index (χ0) is 13.3. The molecule has 96 valence electrons. The third-order valence-electron chi connectivity index (χ3n) is 3.15. The van der Waals surface area contributed by atoms with Crippen LogP contribution in [0.25, 0.3) is 0 Å². The van der Waals surface area contributed by atoms with Gasteiger partial charge in [-0.15, -0.1) is 0 Å². The summed E-state index contributed by atoms with van der Waals surface area (Å²) in [7, 11) is 1.47. The largest absolute Gasteiger partial charge is 0.330 e. The van der Waals surface area contributed by atoms with E-state index in [4.69, 9.17) is 5.73 Å². The van der Waals surface area contributed by atoms with Crippen molar-refractivity contribution in [3.05, 3.63) is 34.3 Å². The fourth-order valence-corrected chi connectivity index (χ4v) is 2.42. The van der Waals surface area contributed by atoms with Crippen LogP contribution in [-0.2, 0) is 10.3 Å². The monoisotopic (exact) mass is 311 g/mol. The summed E-state index contributed by atoms with van der Waals surface area (Å²) in [4.78, 5) is 25.0. The van der Waals surface area contributed by atoms with Crippen molar-refractivity contribution in [2.45, 2.75) is 12.0 Å². The summed E-state index contributed by atoms with van der Waals surface area (Å²) in [6, 6.07) is 6.92. The molecule has 1 saturated heterocycles. The second kappa shape index (κ2) is 4.70. The second-order valence-electron chi connectivity index (χ2n) is 4.25. The highest BCUT2D eigenvalue weighted by atomic mass is 79.9. The third kappa shape index (κ3) is 1.91. The molecule has 1 aromatic rings. The zero-order valence-corrected chi connectivity index (χ0v) is 11.5. The van der Waals surface area contributed by atoms with E-state index in [-0.39, 0.29) is 5.91 Å². The quantitative estimate of drug-likeness (QED) is 0.823. The van der Waals surface area contributed by atoms with Crippen molar-refractivity contribution < 1.29 is 9.59 Å². The van der Waals surface area contributed by atoms with Gasteiger partial charge in [-0.25, -0.2) is 4.79 Å². The van der Waals surface area contributed by atoms with Gasteiger partial charge in [-0.1, -0.05) is 28.1 Å². The molecule has 1 unspecified atom stereocenters. The van der Waals surface area contributed by atoms with Crippen LogP contribution < -0.4 is 11.1 Å². The number of imide groups is 1. The molecule has 0 bridgehead atoms. The Morgan fingerprint density at radius 1 is 1.33 bits per heavy atom. The molecule has 3 amide bonds. The molecular formula is C12H14BrN3O2. The number of nitrogens with two attached hydrogens (primary N) is 1. The van der Waals surface area contributed by atoms with Crippen molar-refractivity contribution in [2.24, 2.45) is 5.73 Å². The van der Waals surface area contributed by atoms with Crippen LogP contribution in [0.2, 0.25) is 0 Å². The number of urea groups is 1. The number of carbonyl (C=O) groups excluding carboxylic acids is 2. The summed E-state index contributed by atoms with van der Waals surface area (Å²) in [6.45, 7) is 0.315. The van der Waals surface area contributed by atoms with E-state index in [0.29, 0.717) is 13.0 Å². The molecule has 1 fully saturated rings. The normalized spacial score (nSPS) is 23.4. The third-order valence-corrected chi connectivity index (χ3v) is 3.68. The molecule has 0 aliphatic carbocycles. The first-order valence-corrected chi connectivity index (χ1v) is 6.37. The van der Waals surface area contributed by atoms with Crippen LogP contribution in [0.1, 0.15) is 12.0 Å². The summed E-state index contributed by atoms with van der Waals surface area (Å²) in [6.07, 6.45) is 0.379. The van der Waals surface area contributed by atoms with Gasteiger partial charge < -0.3 is 11.1 Å². The van der Waals surface area contributed by atoms with Gasteiger partial charge in [0, 0.05) is 11.5 Å². The van der Waals surface area contributed by atoms with Gasteiger partial charge >= 0.3 is 6.03 Å². The van der Waals surface area contributed by atoms with Crippen LogP contribution in [0.4, 0.5) is 4.79 Å². The van der Waals surface area contributed by atoms with Gasteiger partial charge in [-0.3, -0.25) is 9.69 Å². The minimum atomic E-state index is -1.03. The molecule has 0 saturated carbocycles. The average Bonchev–Trinajstić information content (AvgIpc) is 2.56. The van der Waals surface area contributed by atoms with Crippen LogP contribution in [0.15, 0.2) is 28.7 Å². The lowest BCUT2D eigenvalue weighted by atomic mass is 9.86. The van der Waals surface area contributed by atoms with E-state index in [0.717, 1.165) is 14.9 Å². The molecule has 0 aromatic heterocycles. The number of amides is 3. The van der Waals surface area contributed by atoms with Crippen molar-refractivity contribution in [3.63, 3.8) is 0 Å². The molecule has 1 aliphatic rings. The standard InChI is InChI=1S/C12H14BrN3O2/c1-16-10(17)12(6-7-14,15-11(16)18)8-2-4-9(13)5-3-8/h2-5H,6-7,14H2,1H3,(H,15,18). The van der Waals surface area contributed by atoms with Gasteiger partial charge in [-0.2, -0.15) is 0 Å². The van der Waals surface area contributed by atoms with E-state index in [9.17, 15) is 9.59 Å². The molecular weight excluding hydrogens is 298 g/mol. The average molecular weight is 312 g/mol. The number of hydrogen-bond donors (Lipinski definition) is 2. The summed E-state index contributed by atoms with van der Waals surface area (Å²) >= 11 is 3.34. The fraction of sp³-hybridized carbons (Fsp3) is 0.333. The Morgan fingerprint density at radius 3 is 2.39 bits per heavy atom. The number of nitrogens with zero attached hydrogens (tertiary/aromatic N) is 1.